The lowest BCUT2D eigenvalue weighted by Crippen LogP contribution is -2.39. The van der Waals surface area contributed by atoms with Crippen molar-refractivity contribution in [3.63, 3.8) is 0 Å². The highest BCUT2D eigenvalue weighted by atomic mass is 32.2. The summed E-state index contributed by atoms with van der Waals surface area (Å²) in [4.78, 5) is 26.1. The molecule has 1 aliphatic rings. The fourth-order valence-corrected chi connectivity index (χ4v) is 3.54. The highest BCUT2D eigenvalue weighted by Crippen LogP contribution is 2.24. The van der Waals surface area contributed by atoms with Gasteiger partial charge in [-0.05, 0) is 55.5 Å². The van der Waals surface area contributed by atoms with Gasteiger partial charge in [0.2, 0.25) is 15.9 Å². The second-order valence-electron chi connectivity index (χ2n) is 6.50. The Kier molecular flexibility index (Phi) is 6.04. The maximum Gasteiger partial charge on any atom is 0.319 e. The van der Waals surface area contributed by atoms with Crippen molar-refractivity contribution in [2.24, 2.45) is 5.14 Å². The molecular formula is C19H22N4O5S. The van der Waals surface area contributed by atoms with Crippen molar-refractivity contribution in [1.82, 2.24) is 5.32 Å². The van der Waals surface area contributed by atoms with Gasteiger partial charge in [0.15, 0.2) is 0 Å². The van der Waals surface area contributed by atoms with Gasteiger partial charge in [-0.2, -0.15) is 0 Å². The zero-order valence-corrected chi connectivity index (χ0v) is 16.6. The Morgan fingerprint density at radius 1 is 1.17 bits per heavy atom. The van der Waals surface area contributed by atoms with Crippen molar-refractivity contribution in [3.05, 3.63) is 48.5 Å². The Hall–Kier alpha value is -3.11. The van der Waals surface area contributed by atoms with E-state index in [2.05, 4.69) is 10.6 Å². The molecule has 2 aromatic carbocycles. The monoisotopic (exact) mass is 418 g/mol. The van der Waals surface area contributed by atoms with E-state index in [9.17, 15) is 18.0 Å². The van der Waals surface area contributed by atoms with Gasteiger partial charge >= 0.3 is 6.03 Å². The molecule has 3 rings (SSSR count). The number of amides is 3. The maximum absolute atomic E-state index is 12.3. The van der Waals surface area contributed by atoms with Gasteiger partial charge in [-0.1, -0.05) is 0 Å². The largest absolute Gasteiger partial charge is 0.494 e. The summed E-state index contributed by atoms with van der Waals surface area (Å²) < 4.78 is 27.9. The van der Waals surface area contributed by atoms with Crippen LogP contribution in [0.15, 0.2) is 53.4 Å². The van der Waals surface area contributed by atoms with Crippen LogP contribution < -0.4 is 25.4 Å². The van der Waals surface area contributed by atoms with Crippen molar-refractivity contribution in [1.29, 1.82) is 0 Å². The summed E-state index contributed by atoms with van der Waals surface area (Å²) >= 11 is 0. The van der Waals surface area contributed by atoms with Gasteiger partial charge in [-0.25, -0.2) is 18.4 Å². The third-order valence-electron chi connectivity index (χ3n) is 4.36. The van der Waals surface area contributed by atoms with Gasteiger partial charge in [0.25, 0.3) is 0 Å². The number of rotatable bonds is 6. The minimum absolute atomic E-state index is 0.0455. The Labute approximate surface area is 168 Å². The zero-order valence-electron chi connectivity index (χ0n) is 15.8. The molecule has 0 radical (unpaired) electrons. The van der Waals surface area contributed by atoms with E-state index in [1.54, 1.807) is 29.2 Å². The average Bonchev–Trinajstić information content (AvgIpc) is 3.02. The van der Waals surface area contributed by atoms with Crippen molar-refractivity contribution >= 4 is 33.3 Å². The van der Waals surface area contributed by atoms with E-state index in [4.69, 9.17) is 9.88 Å². The highest BCUT2D eigenvalue weighted by Gasteiger charge is 2.31. The van der Waals surface area contributed by atoms with Gasteiger partial charge in [0, 0.05) is 24.3 Å². The minimum Gasteiger partial charge on any atom is -0.494 e. The Morgan fingerprint density at radius 3 is 2.41 bits per heavy atom. The normalized spacial score (nSPS) is 16.6. The van der Waals surface area contributed by atoms with E-state index in [1.807, 2.05) is 6.92 Å². The smallest absolute Gasteiger partial charge is 0.319 e. The lowest BCUT2D eigenvalue weighted by molar-refractivity contribution is -0.117. The molecule has 9 nitrogen and oxygen atoms in total. The molecule has 29 heavy (non-hydrogen) atoms. The number of urea groups is 1. The molecule has 154 valence electrons. The summed E-state index contributed by atoms with van der Waals surface area (Å²) in [6, 6.07) is 11.8. The predicted molar refractivity (Wildman–Crippen MR) is 108 cm³/mol. The maximum atomic E-state index is 12.3. The van der Waals surface area contributed by atoms with Gasteiger partial charge in [-0.15, -0.1) is 0 Å². The SMILES string of the molecule is CCOc1ccc(N2C[C@@H](NC(=O)Nc3ccc(S(N)(=O)=O)cc3)CC2=O)cc1. The van der Waals surface area contributed by atoms with E-state index >= 15 is 0 Å². The molecule has 0 aliphatic carbocycles. The van der Waals surface area contributed by atoms with Crippen LogP contribution in [0.2, 0.25) is 0 Å². The predicted octanol–water partition coefficient (Wildman–Crippen LogP) is 1.66. The van der Waals surface area contributed by atoms with Gasteiger partial charge in [0.05, 0.1) is 17.5 Å². The van der Waals surface area contributed by atoms with Crippen molar-refractivity contribution < 1.29 is 22.7 Å². The molecule has 1 heterocycles. The minimum atomic E-state index is -3.79. The van der Waals surface area contributed by atoms with E-state index < -0.39 is 16.1 Å². The second kappa shape index (κ2) is 8.50. The number of benzene rings is 2. The number of sulfonamides is 1. The van der Waals surface area contributed by atoms with Gasteiger partial charge in [-0.3, -0.25) is 4.79 Å². The molecule has 1 saturated heterocycles. The van der Waals surface area contributed by atoms with E-state index in [1.165, 1.54) is 24.3 Å². The lowest BCUT2D eigenvalue weighted by Gasteiger charge is -2.18. The average molecular weight is 418 g/mol. The third-order valence-corrected chi connectivity index (χ3v) is 5.29. The van der Waals surface area contributed by atoms with Crippen molar-refractivity contribution in [3.8, 4) is 5.75 Å². The van der Waals surface area contributed by atoms with Crippen LogP contribution in [0.4, 0.5) is 16.2 Å². The first-order valence-electron chi connectivity index (χ1n) is 9.00. The summed E-state index contributed by atoms with van der Waals surface area (Å²) in [6.07, 6.45) is 0.186. The molecule has 0 bridgehead atoms. The molecule has 3 amide bonds. The summed E-state index contributed by atoms with van der Waals surface area (Å²) in [5.41, 5.74) is 1.14. The number of primary sulfonamides is 1. The molecule has 2 aromatic rings. The highest BCUT2D eigenvalue weighted by molar-refractivity contribution is 7.89. The number of carbonyl (C=O) groups is 2. The molecule has 0 aromatic heterocycles. The standard InChI is InChI=1S/C19H22N4O5S/c1-2-28-16-7-5-15(6-8-16)23-12-14(11-18(23)24)22-19(25)21-13-3-9-17(10-4-13)29(20,26)27/h3-10,14H,2,11-12H2,1H3,(H2,20,26,27)(H2,21,22,25)/t14-/m0/s1. The number of nitrogens with two attached hydrogens (primary N) is 1. The van der Waals surface area contributed by atoms with Gasteiger partial charge < -0.3 is 20.3 Å². The Morgan fingerprint density at radius 2 is 1.83 bits per heavy atom. The fraction of sp³-hybridized carbons (Fsp3) is 0.263. The fourth-order valence-electron chi connectivity index (χ4n) is 3.02. The molecule has 1 aliphatic heterocycles. The molecule has 0 spiro atoms. The summed E-state index contributed by atoms with van der Waals surface area (Å²) in [5, 5.41) is 10.4. The Bertz CT molecular complexity index is 990. The van der Waals surface area contributed by atoms with E-state index in [-0.39, 0.29) is 23.3 Å². The van der Waals surface area contributed by atoms with Crippen LogP contribution in [0.5, 0.6) is 5.75 Å². The number of nitrogens with one attached hydrogen (secondary N) is 2. The van der Waals surface area contributed by atoms with Crippen molar-refractivity contribution in [2.45, 2.75) is 24.3 Å². The number of nitrogens with zero attached hydrogens (tertiary/aromatic N) is 1. The van der Waals surface area contributed by atoms with Crippen molar-refractivity contribution in [2.75, 3.05) is 23.4 Å². The van der Waals surface area contributed by atoms with Crippen LogP contribution in [0.1, 0.15) is 13.3 Å². The third kappa shape index (κ3) is 5.24. The number of ether oxygens (including phenoxy) is 1. The van der Waals surface area contributed by atoms with Crippen LogP contribution >= 0.6 is 0 Å². The molecule has 0 unspecified atom stereocenters. The van der Waals surface area contributed by atoms with Crippen LogP contribution in [0, 0.1) is 0 Å². The summed E-state index contributed by atoms with van der Waals surface area (Å²) in [6.45, 7) is 2.81. The lowest BCUT2D eigenvalue weighted by atomic mass is 10.2. The van der Waals surface area contributed by atoms with Gasteiger partial charge in [0.1, 0.15) is 5.75 Å². The number of hydrogen-bond acceptors (Lipinski definition) is 5. The number of carbonyl (C=O) groups excluding carboxylic acids is 2. The number of anilines is 2. The van der Waals surface area contributed by atoms with Crippen LogP contribution in [-0.2, 0) is 14.8 Å². The zero-order chi connectivity index (χ0) is 21.0. The second-order valence-corrected chi connectivity index (χ2v) is 8.06. The molecule has 10 heteroatoms. The topological polar surface area (TPSA) is 131 Å². The van der Waals surface area contributed by atoms with Crippen LogP contribution in [-0.4, -0.2) is 39.5 Å². The quantitative estimate of drug-likeness (QED) is 0.657. The molecule has 0 saturated carbocycles. The molecule has 1 atom stereocenters. The van der Waals surface area contributed by atoms with E-state index in [0.29, 0.717) is 18.8 Å². The Balaban J connectivity index is 1.57. The molecular weight excluding hydrogens is 396 g/mol. The van der Waals surface area contributed by atoms with E-state index in [0.717, 1.165) is 11.4 Å². The van der Waals surface area contributed by atoms with Crippen LogP contribution in [0.3, 0.4) is 0 Å². The first-order valence-corrected chi connectivity index (χ1v) is 10.5. The van der Waals surface area contributed by atoms with Crippen LogP contribution in [0.25, 0.3) is 0 Å². The molecule has 4 N–H and O–H groups in total. The number of hydrogen-bond donors (Lipinski definition) is 3. The summed E-state index contributed by atoms with van der Waals surface area (Å²) in [7, 11) is -3.79. The first kappa shape index (κ1) is 20.6. The summed E-state index contributed by atoms with van der Waals surface area (Å²) in [5.74, 6) is 0.641. The first-order chi connectivity index (χ1) is 13.8. The molecule has 1 fully saturated rings.